The average molecular weight is 353 g/mol. The van der Waals surface area contributed by atoms with Crippen LogP contribution < -0.4 is 10.6 Å². The van der Waals surface area contributed by atoms with Crippen LogP contribution in [-0.2, 0) is 0 Å². The van der Waals surface area contributed by atoms with Crippen molar-refractivity contribution in [3.05, 3.63) is 51.9 Å². The van der Waals surface area contributed by atoms with Crippen LogP contribution in [-0.4, -0.2) is 17.9 Å². The summed E-state index contributed by atoms with van der Waals surface area (Å²) in [5.41, 5.74) is 7.59. The van der Waals surface area contributed by atoms with E-state index in [0.717, 1.165) is 3.57 Å². The van der Waals surface area contributed by atoms with Crippen LogP contribution in [0.25, 0.3) is 0 Å². The van der Waals surface area contributed by atoms with Gasteiger partial charge in [-0.1, -0.05) is 6.07 Å². The van der Waals surface area contributed by atoms with Crippen LogP contribution in [0.1, 0.15) is 10.4 Å². The van der Waals surface area contributed by atoms with Crippen molar-refractivity contribution in [1.29, 1.82) is 0 Å². The Bertz CT molecular complexity index is 586. The van der Waals surface area contributed by atoms with E-state index in [9.17, 15) is 4.79 Å². The fourth-order valence-corrected chi connectivity index (χ4v) is 2.17. The molecule has 1 heterocycles. The summed E-state index contributed by atoms with van der Waals surface area (Å²) >= 11 is 2.18. The number of hydrogen-bond donors (Lipinski definition) is 1. The fourth-order valence-electron chi connectivity index (χ4n) is 1.63. The Kier molecular flexibility index (Phi) is 3.81. The van der Waals surface area contributed by atoms with Gasteiger partial charge in [-0.05, 0) is 46.9 Å². The van der Waals surface area contributed by atoms with Gasteiger partial charge >= 0.3 is 0 Å². The van der Waals surface area contributed by atoms with Crippen LogP contribution in [0.3, 0.4) is 0 Å². The van der Waals surface area contributed by atoms with Crippen LogP contribution in [0.2, 0.25) is 0 Å². The molecule has 2 aromatic rings. The summed E-state index contributed by atoms with van der Waals surface area (Å²) in [6.07, 6.45) is 3.15. The van der Waals surface area contributed by atoms with Gasteiger partial charge in [0.1, 0.15) is 0 Å². The molecule has 0 atom stereocenters. The van der Waals surface area contributed by atoms with Gasteiger partial charge in [0, 0.05) is 22.4 Å². The number of halogens is 1. The molecule has 0 fully saturated rings. The molecule has 0 bridgehead atoms. The molecular formula is C13H12IN3O. The first kappa shape index (κ1) is 12.8. The zero-order valence-electron chi connectivity index (χ0n) is 9.80. The summed E-state index contributed by atoms with van der Waals surface area (Å²) in [6, 6.07) is 9.16. The zero-order valence-corrected chi connectivity index (χ0v) is 12.0. The monoisotopic (exact) mass is 353 g/mol. The van der Waals surface area contributed by atoms with Gasteiger partial charge in [-0.3, -0.25) is 9.78 Å². The number of rotatable bonds is 2. The van der Waals surface area contributed by atoms with E-state index in [0.29, 0.717) is 16.9 Å². The number of nitrogens with two attached hydrogens (primary N) is 1. The van der Waals surface area contributed by atoms with Gasteiger partial charge in [0.2, 0.25) is 0 Å². The number of benzene rings is 1. The van der Waals surface area contributed by atoms with Crippen LogP contribution in [0.4, 0.5) is 11.4 Å². The lowest BCUT2D eigenvalue weighted by molar-refractivity contribution is 0.0993. The highest BCUT2D eigenvalue weighted by atomic mass is 127. The summed E-state index contributed by atoms with van der Waals surface area (Å²) in [5.74, 6) is -0.0913. The maximum Gasteiger partial charge on any atom is 0.258 e. The molecule has 0 aliphatic carbocycles. The molecule has 0 aliphatic rings. The molecule has 0 unspecified atom stereocenters. The molecule has 2 rings (SSSR count). The van der Waals surface area contributed by atoms with Crippen molar-refractivity contribution in [2.24, 2.45) is 0 Å². The molecule has 18 heavy (non-hydrogen) atoms. The Hall–Kier alpha value is -1.63. The molecule has 1 aromatic carbocycles. The maximum atomic E-state index is 12.3. The molecule has 0 radical (unpaired) electrons. The summed E-state index contributed by atoms with van der Waals surface area (Å²) < 4.78 is 1.02. The number of amides is 1. The first-order valence-corrected chi connectivity index (χ1v) is 6.40. The molecule has 2 N–H and O–H groups in total. The lowest BCUT2D eigenvalue weighted by Gasteiger charge is -2.18. The largest absolute Gasteiger partial charge is 0.396 e. The lowest BCUT2D eigenvalue weighted by atomic mass is 10.2. The topological polar surface area (TPSA) is 59.2 Å². The third-order valence-electron chi connectivity index (χ3n) is 2.57. The predicted molar refractivity (Wildman–Crippen MR) is 80.5 cm³/mol. The smallest absolute Gasteiger partial charge is 0.258 e. The van der Waals surface area contributed by atoms with E-state index in [1.807, 2.05) is 18.2 Å². The number of anilines is 2. The van der Waals surface area contributed by atoms with Gasteiger partial charge in [-0.25, -0.2) is 0 Å². The molecular weight excluding hydrogens is 341 g/mol. The van der Waals surface area contributed by atoms with E-state index in [1.165, 1.54) is 11.1 Å². The second-order valence-electron chi connectivity index (χ2n) is 3.81. The van der Waals surface area contributed by atoms with Crippen molar-refractivity contribution in [1.82, 2.24) is 4.98 Å². The molecule has 0 saturated carbocycles. The number of aromatic nitrogens is 1. The van der Waals surface area contributed by atoms with Crippen LogP contribution in [0.5, 0.6) is 0 Å². The van der Waals surface area contributed by atoms with E-state index < -0.39 is 0 Å². The highest BCUT2D eigenvalue weighted by Gasteiger charge is 2.15. The average Bonchev–Trinajstić information content (AvgIpc) is 2.37. The summed E-state index contributed by atoms with van der Waals surface area (Å²) in [7, 11) is 1.70. The second-order valence-corrected chi connectivity index (χ2v) is 5.05. The minimum absolute atomic E-state index is 0.0913. The Balaban J connectivity index is 2.32. The third-order valence-corrected chi connectivity index (χ3v) is 3.24. The second kappa shape index (κ2) is 5.34. The van der Waals surface area contributed by atoms with Gasteiger partial charge in [0.15, 0.2) is 0 Å². The van der Waals surface area contributed by atoms with Gasteiger partial charge in [0.05, 0.1) is 17.6 Å². The zero-order chi connectivity index (χ0) is 13.1. The predicted octanol–water partition coefficient (Wildman–Crippen LogP) is 2.54. The van der Waals surface area contributed by atoms with Crippen molar-refractivity contribution < 1.29 is 4.79 Å². The first-order chi connectivity index (χ1) is 8.59. The van der Waals surface area contributed by atoms with Gasteiger partial charge in [-0.2, -0.15) is 0 Å². The number of carbonyl (C=O) groups excluding carboxylic acids is 1. The Morgan fingerprint density at radius 3 is 2.83 bits per heavy atom. The Morgan fingerprint density at radius 2 is 2.17 bits per heavy atom. The van der Waals surface area contributed by atoms with Crippen molar-refractivity contribution >= 4 is 39.9 Å². The number of nitrogen functional groups attached to an aromatic ring is 1. The minimum Gasteiger partial charge on any atom is -0.396 e. The molecule has 0 aliphatic heterocycles. The molecule has 1 amide bonds. The molecule has 1 aromatic heterocycles. The Labute approximate surface area is 119 Å². The van der Waals surface area contributed by atoms with E-state index in [1.54, 1.807) is 25.4 Å². The van der Waals surface area contributed by atoms with Crippen LogP contribution in [0.15, 0.2) is 42.7 Å². The normalized spacial score (nSPS) is 10.1. The molecule has 0 spiro atoms. The summed E-state index contributed by atoms with van der Waals surface area (Å²) in [4.78, 5) is 17.7. The molecule has 92 valence electrons. The van der Waals surface area contributed by atoms with E-state index in [4.69, 9.17) is 5.73 Å². The van der Waals surface area contributed by atoms with Gasteiger partial charge in [-0.15, -0.1) is 0 Å². The van der Waals surface area contributed by atoms with Gasteiger partial charge in [0.25, 0.3) is 5.91 Å². The van der Waals surface area contributed by atoms with Gasteiger partial charge < -0.3 is 10.6 Å². The van der Waals surface area contributed by atoms with E-state index in [-0.39, 0.29) is 5.91 Å². The standard InChI is InChI=1S/C13H12IN3O/c1-17(12-5-6-16-8-11(12)15)13(18)9-3-2-4-10(14)7-9/h2-8H,15H2,1H3. The first-order valence-electron chi connectivity index (χ1n) is 5.32. The fraction of sp³-hybridized carbons (Fsp3) is 0.0769. The maximum absolute atomic E-state index is 12.3. The number of hydrogen-bond acceptors (Lipinski definition) is 3. The number of pyridine rings is 1. The quantitative estimate of drug-likeness (QED) is 0.845. The molecule has 4 nitrogen and oxygen atoms in total. The summed E-state index contributed by atoms with van der Waals surface area (Å²) in [5, 5.41) is 0. The van der Waals surface area contributed by atoms with Crippen molar-refractivity contribution in [2.75, 3.05) is 17.7 Å². The Morgan fingerprint density at radius 1 is 1.39 bits per heavy atom. The highest BCUT2D eigenvalue weighted by Crippen LogP contribution is 2.22. The summed E-state index contributed by atoms with van der Waals surface area (Å²) in [6.45, 7) is 0. The van der Waals surface area contributed by atoms with Crippen LogP contribution in [0, 0.1) is 3.57 Å². The van der Waals surface area contributed by atoms with E-state index >= 15 is 0 Å². The SMILES string of the molecule is CN(C(=O)c1cccc(I)c1)c1ccncc1N. The third kappa shape index (κ3) is 2.61. The van der Waals surface area contributed by atoms with E-state index in [2.05, 4.69) is 27.6 Å². The van der Waals surface area contributed by atoms with Crippen molar-refractivity contribution in [3.8, 4) is 0 Å². The van der Waals surface area contributed by atoms with Crippen LogP contribution >= 0.6 is 22.6 Å². The minimum atomic E-state index is -0.0913. The lowest BCUT2D eigenvalue weighted by Crippen LogP contribution is -2.27. The molecule has 0 saturated heterocycles. The van der Waals surface area contributed by atoms with Crippen molar-refractivity contribution in [3.63, 3.8) is 0 Å². The molecule has 5 heteroatoms. The highest BCUT2D eigenvalue weighted by molar-refractivity contribution is 14.1. The van der Waals surface area contributed by atoms with Crippen molar-refractivity contribution in [2.45, 2.75) is 0 Å². The number of carbonyl (C=O) groups is 1. The number of nitrogens with zero attached hydrogens (tertiary/aromatic N) is 2.